The van der Waals surface area contributed by atoms with E-state index in [0.29, 0.717) is 27.1 Å². The third kappa shape index (κ3) is 3.95. The van der Waals surface area contributed by atoms with Gasteiger partial charge in [-0.2, -0.15) is 0 Å². The first-order valence-corrected chi connectivity index (χ1v) is 11.8. The molecule has 1 unspecified atom stereocenters. The van der Waals surface area contributed by atoms with Crippen molar-refractivity contribution in [1.29, 1.82) is 0 Å². The number of carbonyl (C=O) groups excluding carboxylic acids is 2. The van der Waals surface area contributed by atoms with Crippen LogP contribution in [0.5, 0.6) is 5.75 Å². The maximum absolute atomic E-state index is 13.8. The number of hydrogen-bond acceptors (Lipinski definition) is 6. The molecule has 4 aromatic rings. The Balaban J connectivity index is 1.72. The molecule has 1 amide bonds. The largest absolute Gasteiger partial charge is 0.507 e. The third-order valence-corrected chi connectivity index (χ3v) is 7.05. The Hall–Kier alpha value is -4.04. The Morgan fingerprint density at radius 3 is 2.60 bits per heavy atom. The summed E-state index contributed by atoms with van der Waals surface area (Å²) in [4.78, 5) is 32.4. The summed E-state index contributed by atoms with van der Waals surface area (Å²) < 4.78 is 19.7. The van der Waals surface area contributed by atoms with Crippen molar-refractivity contribution in [3.05, 3.63) is 94.8 Å². The number of hydrogen-bond donors (Lipinski definition) is 1. The van der Waals surface area contributed by atoms with Gasteiger partial charge < -0.3 is 9.84 Å². The summed E-state index contributed by atoms with van der Waals surface area (Å²) in [5.41, 5.74) is 2.54. The van der Waals surface area contributed by atoms with E-state index in [4.69, 9.17) is 4.74 Å². The first-order chi connectivity index (χ1) is 16.9. The maximum Gasteiger partial charge on any atom is 0.301 e. The number of benzene rings is 3. The van der Waals surface area contributed by atoms with Crippen LogP contribution < -0.4 is 9.64 Å². The number of aliphatic hydroxyl groups is 1. The van der Waals surface area contributed by atoms with Gasteiger partial charge in [-0.05, 0) is 47.9 Å². The van der Waals surface area contributed by atoms with Gasteiger partial charge in [-0.25, -0.2) is 9.37 Å². The summed E-state index contributed by atoms with van der Waals surface area (Å²) in [7, 11) is 1.52. The Labute approximate surface area is 204 Å². The molecule has 0 radical (unpaired) electrons. The molecular weight excluding hydrogens is 467 g/mol. The highest BCUT2D eigenvalue weighted by Crippen LogP contribution is 2.44. The standard InChI is InChI=1S/C27H21FN2O4S/c1-3-15-7-9-16(10-8-15)24(31)22-23(17-5-4-6-19(13-17)34-2)30(26(33)25(22)32)27-29-20-12-11-18(28)14-21(20)35-27/h4-14,23,31H,3H2,1-2H3/b24-22+. The highest BCUT2D eigenvalue weighted by molar-refractivity contribution is 7.22. The summed E-state index contributed by atoms with van der Waals surface area (Å²) >= 11 is 1.10. The first-order valence-electron chi connectivity index (χ1n) is 11.0. The van der Waals surface area contributed by atoms with E-state index in [1.165, 1.54) is 30.2 Å². The van der Waals surface area contributed by atoms with Crippen LogP contribution in [0.3, 0.4) is 0 Å². The van der Waals surface area contributed by atoms with Crippen LogP contribution in [0, 0.1) is 5.82 Å². The summed E-state index contributed by atoms with van der Waals surface area (Å²) in [6.45, 7) is 2.02. The number of aliphatic hydroxyl groups excluding tert-OH is 1. The van der Waals surface area contributed by atoms with Crippen molar-refractivity contribution in [2.24, 2.45) is 0 Å². The number of ether oxygens (including phenoxy) is 1. The molecule has 1 N–H and O–H groups in total. The predicted octanol–water partition coefficient (Wildman–Crippen LogP) is 5.63. The van der Waals surface area contributed by atoms with Crippen molar-refractivity contribution in [1.82, 2.24) is 4.98 Å². The number of carbonyl (C=O) groups is 2. The molecule has 35 heavy (non-hydrogen) atoms. The van der Waals surface area contributed by atoms with Gasteiger partial charge >= 0.3 is 5.91 Å². The molecule has 1 fully saturated rings. The number of nitrogens with zero attached hydrogens (tertiary/aromatic N) is 2. The highest BCUT2D eigenvalue weighted by Gasteiger charge is 2.48. The van der Waals surface area contributed by atoms with Gasteiger partial charge in [-0.15, -0.1) is 0 Å². The van der Waals surface area contributed by atoms with Crippen LogP contribution in [-0.4, -0.2) is 28.9 Å². The highest BCUT2D eigenvalue weighted by atomic mass is 32.1. The monoisotopic (exact) mass is 488 g/mol. The van der Waals surface area contributed by atoms with Crippen LogP contribution in [0.1, 0.15) is 29.7 Å². The molecular formula is C27H21FN2O4S. The van der Waals surface area contributed by atoms with Gasteiger partial charge in [0, 0.05) is 5.56 Å². The normalized spacial score (nSPS) is 17.3. The third-order valence-electron chi connectivity index (χ3n) is 6.03. The molecule has 1 aliphatic rings. The molecule has 1 aromatic heterocycles. The number of methoxy groups -OCH3 is 1. The van der Waals surface area contributed by atoms with E-state index in [0.717, 1.165) is 23.3 Å². The zero-order valence-electron chi connectivity index (χ0n) is 19.0. The van der Waals surface area contributed by atoms with Crippen molar-refractivity contribution in [3.63, 3.8) is 0 Å². The Kier molecular flexibility index (Phi) is 5.82. The number of rotatable bonds is 5. The number of ketones is 1. The van der Waals surface area contributed by atoms with E-state index >= 15 is 0 Å². The number of anilines is 1. The number of amides is 1. The van der Waals surface area contributed by atoms with Crippen LogP contribution in [0.15, 0.2) is 72.3 Å². The van der Waals surface area contributed by atoms with Crippen molar-refractivity contribution in [3.8, 4) is 5.75 Å². The molecule has 0 spiro atoms. The Morgan fingerprint density at radius 2 is 1.89 bits per heavy atom. The Morgan fingerprint density at radius 1 is 1.11 bits per heavy atom. The summed E-state index contributed by atoms with van der Waals surface area (Å²) in [5.74, 6) is -1.79. The molecule has 0 bridgehead atoms. The lowest BCUT2D eigenvalue weighted by Gasteiger charge is -2.23. The minimum absolute atomic E-state index is 0.0436. The van der Waals surface area contributed by atoms with Crippen LogP contribution in [0.25, 0.3) is 16.0 Å². The number of thiazole rings is 1. The molecule has 6 nitrogen and oxygen atoms in total. The van der Waals surface area contributed by atoms with Crippen LogP contribution in [0.4, 0.5) is 9.52 Å². The number of halogens is 1. The topological polar surface area (TPSA) is 79.7 Å². The van der Waals surface area contributed by atoms with Gasteiger partial charge in [0.25, 0.3) is 5.78 Å². The van der Waals surface area contributed by atoms with Gasteiger partial charge in [0.1, 0.15) is 17.3 Å². The molecule has 3 aromatic carbocycles. The Bertz CT molecular complexity index is 1490. The van der Waals surface area contributed by atoms with E-state index in [2.05, 4.69) is 4.98 Å². The van der Waals surface area contributed by atoms with E-state index in [-0.39, 0.29) is 16.5 Å². The van der Waals surface area contributed by atoms with Crippen molar-refractivity contribution < 1.29 is 23.8 Å². The number of aromatic nitrogens is 1. The van der Waals surface area contributed by atoms with E-state index in [9.17, 15) is 19.1 Å². The zero-order valence-corrected chi connectivity index (χ0v) is 19.8. The van der Waals surface area contributed by atoms with Crippen molar-refractivity contribution in [2.45, 2.75) is 19.4 Å². The minimum Gasteiger partial charge on any atom is -0.507 e. The second-order valence-corrected chi connectivity index (χ2v) is 9.11. The van der Waals surface area contributed by atoms with E-state index < -0.39 is 23.5 Å². The zero-order chi connectivity index (χ0) is 24.7. The second-order valence-electron chi connectivity index (χ2n) is 8.10. The summed E-state index contributed by atoms with van der Waals surface area (Å²) in [6.07, 6.45) is 0.827. The molecule has 1 aliphatic heterocycles. The fraction of sp³-hybridized carbons (Fsp3) is 0.148. The first kappa shape index (κ1) is 22.7. The number of aryl methyl sites for hydroxylation is 1. The average Bonchev–Trinajstić information content (AvgIpc) is 3.41. The van der Waals surface area contributed by atoms with Crippen molar-refractivity contribution >= 4 is 44.1 Å². The second kappa shape index (κ2) is 8.96. The fourth-order valence-electron chi connectivity index (χ4n) is 4.20. The summed E-state index contributed by atoms with van der Waals surface area (Å²) in [5, 5.41) is 11.5. The van der Waals surface area contributed by atoms with Gasteiger partial charge in [0.05, 0.1) is 28.9 Å². The van der Waals surface area contributed by atoms with Gasteiger partial charge in [0.15, 0.2) is 5.13 Å². The SMILES string of the molecule is CCc1ccc(/C(O)=C2\C(=O)C(=O)N(c3nc4ccc(F)cc4s3)C2c2cccc(OC)c2)cc1. The number of fused-ring (bicyclic) bond motifs is 1. The minimum atomic E-state index is -0.943. The predicted molar refractivity (Wildman–Crippen MR) is 133 cm³/mol. The van der Waals surface area contributed by atoms with E-state index in [1.807, 2.05) is 19.1 Å². The van der Waals surface area contributed by atoms with Gasteiger partial charge in [-0.1, -0.05) is 54.7 Å². The summed E-state index contributed by atoms with van der Waals surface area (Å²) in [6, 6.07) is 17.4. The molecule has 8 heteroatoms. The quantitative estimate of drug-likeness (QED) is 0.224. The van der Waals surface area contributed by atoms with E-state index in [1.54, 1.807) is 36.4 Å². The van der Waals surface area contributed by atoms with Gasteiger partial charge in [0.2, 0.25) is 0 Å². The van der Waals surface area contributed by atoms with Crippen LogP contribution in [0.2, 0.25) is 0 Å². The molecule has 176 valence electrons. The van der Waals surface area contributed by atoms with Crippen molar-refractivity contribution in [2.75, 3.05) is 12.0 Å². The lowest BCUT2D eigenvalue weighted by Crippen LogP contribution is -2.29. The van der Waals surface area contributed by atoms with Gasteiger partial charge in [-0.3, -0.25) is 14.5 Å². The van der Waals surface area contributed by atoms with Crippen LogP contribution in [-0.2, 0) is 16.0 Å². The number of Topliss-reactive ketones (excluding diaryl/α,β-unsaturated/α-hetero) is 1. The van der Waals surface area contributed by atoms with Crippen LogP contribution >= 0.6 is 11.3 Å². The molecule has 2 heterocycles. The average molecular weight is 489 g/mol. The lowest BCUT2D eigenvalue weighted by atomic mass is 9.95. The molecule has 5 rings (SSSR count). The smallest absolute Gasteiger partial charge is 0.301 e. The molecule has 1 atom stereocenters. The molecule has 0 aliphatic carbocycles. The lowest BCUT2D eigenvalue weighted by molar-refractivity contribution is -0.132. The molecule has 1 saturated heterocycles. The maximum atomic E-state index is 13.8. The fourth-order valence-corrected chi connectivity index (χ4v) is 5.22. The molecule has 0 saturated carbocycles.